The number of aliphatic carboxylic acids is 1. The number of nitrogens with one attached hydrogen (secondary N) is 3. The number of carbonyl (C=O) groups excluding carboxylic acids is 2. The molecule has 1 heterocycles. The van der Waals surface area contributed by atoms with Gasteiger partial charge in [-0.15, -0.1) is 0 Å². The van der Waals surface area contributed by atoms with E-state index in [1.807, 2.05) is 55.5 Å². The maximum absolute atomic E-state index is 13.2. The molecule has 1 aromatic heterocycles. The number of fused-ring (bicyclic) bond motifs is 1. The number of alkyl halides is 3. The molecule has 11 heteroatoms. The van der Waals surface area contributed by atoms with Crippen LogP contribution in [-0.2, 0) is 20.8 Å². The minimum atomic E-state index is -5.08. The van der Waals surface area contributed by atoms with Crippen molar-refractivity contribution < 1.29 is 32.7 Å². The molecule has 8 nitrogen and oxygen atoms in total. The fourth-order valence-electron chi connectivity index (χ4n) is 4.59. The molecule has 210 valence electrons. The van der Waals surface area contributed by atoms with Crippen LogP contribution in [0.15, 0.2) is 54.6 Å². The number of carboxylic acid groups (broad SMARTS) is 1. The highest BCUT2D eigenvalue weighted by atomic mass is 19.4. The fraction of sp³-hybridized carbons (Fsp3) is 0.393. The van der Waals surface area contributed by atoms with E-state index in [1.54, 1.807) is 0 Å². The molecule has 0 saturated heterocycles. The van der Waals surface area contributed by atoms with Gasteiger partial charge in [0.25, 0.3) is 0 Å². The summed E-state index contributed by atoms with van der Waals surface area (Å²) in [4.78, 5) is 38.4. The summed E-state index contributed by atoms with van der Waals surface area (Å²) in [7, 11) is 0. The third kappa shape index (κ3) is 8.85. The van der Waals surface area contributed by atoms with E-state index in [4.69, 9.17) is 15.6 Å². The van der Waals surface area contributed by atoms with E-state index in [-0.39, 0.29) is 17.7 Å². The SMILES string of the molecule is Cc1cc2ccc(NC(=O)[C@@H](Cc3ccccc3)NC(=O)C3CCC(CN)CC3)cc2[nH]1.O=C(O)C(F)(F)F. The summed E-state index contributed by atoms with van der Waals surface area (Å²) in [5, 5.41) is 14.3. The van der Waals surface area contributed by atoms with E-state index in [1.165, 1.54) is 0 Å². The number of halogens is 3. The van der Waals surface area contributed by atoms with Crippen molar-refractivity contribution in [2.45, 2.75) is 51.2 Å². The van der Waals surface area contributed by atoms with Gasteiger partial charge in [0.15, 0.2) is 0 Å². The first kappa shape index (κ1) is 29.7. The summed E-state index contributed by atoms with van der Waals surface area (Å²) in [6.07, 6.45) is -1.04. The van der Waals surface area contributed by atoms with Gasteiger partial charge in [0.1, 0.15) is 6.04 Å². The van der Waals surface area contributed by atoms with Gasteiger partial charge in [-0.05, 0) is 74.2 Å². The van der Waals surface area contributed by atoms with Gasteiger partial charge in [-0.3, -0.25) is 9.59 Å². The van der Waals surface area contributed by atoms with Gasteiger partial charge in [-0.1, -0.05) is 36.4 Å². The number of rotatable bonds is 7. The molecule has 0 unspecified atom stereocenters. The number of carbonyl (C=O) groups is 3. The van der Waals surface area contributed by atoms with E-state index in [0.29, 0.717) is 24.6 Å². The van der Waals surface area contributed by atoms with Gasteiger partial charge < -0.3 is 26.5 Å². The fourth-order valence-corrected chi connectivity index (χ4v) is 4.59. The van der Waals surface area contributed by atoms with Crippen LogP contribution in [0.1, 0.15) is 36.9 Å². The van der Waals surface area contributed by atoms with E-state index < -0.39 is 18.2 Å². The van der Waals surface area contributed by atoms with Crippen LogP contribution < -0.4 is 16.4 Å². The minimum Gasteiger partial charge on any atom is -0.475 e. The second-order valence-electron chi connectivity index (χ2n) is 9.75. The van der Waals surface area contributed by atoms with Crippen molar-refractivity contribution in [2.24, 2.45) is 17.6 Å². The monoisotopic (exact) mass is 546 g/mol. The Morgan fingerprint density at radius 2 is 1.69 bits per heavy atom. The lowest BCUT2D eigenvalue weighted by molar-refractivity contribution is -0.192. The molecule has 0 radical (unpaired) electrons. The summed E-state index contributed by atoms with van der Waals surface area (Å²) in [6, 6.07) is 17.0. The Kier molecular flexibility index (Phi) is 10.1. The van der Waals surface area contributed by atoms with E-state index in [2.05, 4.69) is 21.7 Å². The Morgan fingerprint density at radius 1 is 1.05 bits per heavy atom. The van der Waals surface area contributed by atoms with E-state index in [9.17, 15) is 22.8 Å². The number of carboxylic acids is 1. The zero-order valence-electron chi connectivity index (χ0n) is 21.6. The highest BCUT2D eigenvalue weighted by Crippen LogP contribution is 2.28. The Bertz CT molecular complexity index is 1270. The molecule has 3 aromatic rings. The number of nitrogens with two attached hydrogens (primary N) is 1. The number of aromatic amines is 1. The lowest BCUT2D eigenvalue weighted by atomic mass is 9.81. The number of aryl methyl sites for hydroxylation is 1. The van der Waals surface area contributed by atoms with Crippen molar-refractivity contribution in [3.05, 3.63) is 65.9 Å². The van der Waals surface area contributed by atoms with Crippen LogP contribution >= 0.6 is 0 Å². The zero-order valence-corrected chi connectivity index (χ0v) is 21.6. The van der Waals surface area contributed by atoms with Crippen molar-refractivity contribution in [3.63, 3.8) is 0 Å². The first-order chi connectivity index (χ1) is 18.5. The average molecular weight is 547 g/mol. The van der Waals surface area contributed by atoms with Crippen LogP contribution in [0, 0.1) is 18.8 Å². The number of H-pyrrole nitrogens is 1. The summed E-state index contributed by atoms with van der Waals surface area (Å²) in [5.74, 6) is -2.55. The summed E-state index contributed by atoms with van der Waals surface area (Å²) < 4.78 is 31.7. The number of aromatic nitrogens is 1. The highest BCUT2D eigenvalue weighted by molar-refractivity contribution is 5.99. The molecule has 0 aliphatic heterocycles. The van der Waals surface area contributed by atoms with Crippen molar-refractivity contribution in [2.75, 3.05) is 11.9 Å². The molecule has 39 heavy (non-hydrogen) atoms. The van der Waals surface area contributed by atoms with Crippen LogP contribution in [0.2, 0.25) is 0 Å². The third-order valence-corrected chi connectivity index (χ3v) is 6.73. The Labute approximate surface area is 224 Å². The maximum Gasteiger partial charge on any atom is 0.490 e. The van der Waals surface area contributed by atoms with E-state index >= 15 is 0 Å². The lowest BCUT2D eigenvalue weighted by Crippen LogP contribution is -2.48. The molecule has 2 aromatic carbocycles. The van der Waals surface area contributed by atoms with Crippen LogP contribution in [0.3, 0.4) is 0 Å². The number of anilines is 1. The largest absolute Gasteiger partial charge is 0.490 e. The summed E-state index contributed by atoms with van der Waals surface area (Å²) >= 11 is 0. The first-order valence-corrected chi connectivity index (χ1v) is 12.7. The lowest BCUT2D eigenvalue weighted by Gasteiger charge is -2.28. The number of benzene rings is 2. The molecular formula is C28H33F3N4O4. The Morgan fingerprint density at radius 3 is 2.28 bits per heavy atom. The van der Waals surface area contributed by atoms with Gasteiger partial charge in [0.05, 0.1) is 0 Å². The molecular weight excluding hydrogens is 513 g/mol. The summed E-state index contributed by atoms with van der Waals surface area (Å²) in [5.41, 5.74) is 9.55. The van der Waals surface area contributed by atoms with Crippen molar-refractivity contribution in [3.8, 4) is 0 Å². The zero-order chi connectivity index (χ0) is 28.6. The standard InChI is InChI=1S/C26H32N4O2.C2HF3O2/c1-17-13-21-11-12-22(15-23(21)28-17)29-26(32)24(14-18-5-3-2-4-6-18)30-25(31)20-9-7-19(16-27)8-10-20;3-2(4,5)1(6)7/h2-6,11-13,15,19-20,24,28H,7-10,14,16,27H2,1H3,(H,29,32)(H,30,31);(H,6,7)/t19?,20?,24-;/m1./s1. The predicted molar refractivity (Wildman–Crippen MR) is 142 cm³/mol. The third-order valence-electron chi connectivity index (χ3n) is 6.73. The van der Waals surface area contributed by atoms with Crippen molar-refractivity contribution in [1.29, 1.82) is 0 Å². The minimum absolute atomic E-state index is 0.0352. The molecule has 1 saturated carbocycles. The molecule has 0 bridgehead atoms. The molecule has 2 amide bonds. The van der Waals surface area contributed by atoms with Gasteiger partial charge in [0, 0.05) is 29.2 Å². The average Bonchev–Trinajstić information content (AvgIpc) is 3.28. The van der Waals surface area contributed by atoms with E-state index in [0.717, 1.165) is 47.8 Å². The molecule has 1 fully saturated rings. The van der Waals surface area contributed by atoms with Crippen LogP contribution in [-0.4, -0.2) is 46.6 Å². The normalized spacial score (nSPS) is 18.0. The quantitative estimate of drug-likeness (QED) is 0.296. The van der Waals surface area contributed by atoms with Gasteiger partial charge in [-0.2, -0.15) is 13.2 Å². The molecule has 1 aliphatic carbocycles. The van der Waals surface area contributed by atoms with Gasteiger partial charge in [0.2, 0.25) is 11.8 Å². The van der Waals surface area contributed by atoms with Gasteiger partial charge in [-0.25, -0.2) is 4.79 Å². The Hall–Kier alpha value is -3.86. The predicted octanol–water partition coefficient (Wildman–Crippen LogP) is 4.54. The maximum atomic E-state index is 13.2. The molecule has 6 N–H and O–H groups in total. The van der Waals surface area contributed by atoms with Crippen LogP contribution in [0.4, 0.5) is 18.9 Å². The highest BCUT2D eigenvalue weighted by Gasteiger charge is 2.38. The Balaban J connectivity index is 0.000000532. The first-order valence-electron chi connectivity index (χ1n) is 12.7. The molecule has 0 spiro atoms. The second-order valence-corrected chi connectivity index (χ2v) is 9.75. The number of hydrogen-bond acceptors (Lipinski definition) is 4. The smallest absolute Gasteiger partial charge is 0.475 e. The van der Waals surface area contributed by atoms with Crippen LogP contribution in [0.5, 0.6) is 0 Å². The molecule has 1 aliphatic rings. The number of hydrogen-bond donors (Lipinski definition) is 5. The molecule has 4 rings (SSSR count). The number of amides is 2. The van der Waals surface area contributed by atoms with Gasteiger partial charge >= 0.3 is 12.1 Å². The second kappa shape index (κ2) is 13.3. The van der Waals surface area contributed by atoms with Crippen molar-refractivity contribution >= 4 is 34.4 Å². The summed E-state index contributed by atoms with van der Waals surface area (Å²) in [6.45, 7) is 2.68. The van der Waals surface area contributed by atoms with Crippen molar-refractivity contribution in [1.82, 2.24) is 10.3 Å². The topological polar surface area (TPSA) is 137 Å². The molecule has 1 atom stereocenters. The van der Waals surface area contributed by atoms with Crippen LogP contribution in [0.25, 0.3) is 10.9 Å².